The SMILES string of the molecule is O=C(O[C@H]1[C@@H]2O[C@H](c3ccccc3)OC[C@H]2OC(O)[C@@H]1OC(=O)c1ccccc1)c1ccccc1. The van der Waals surface area contributed by atoms with Gasteiger partial charge in [-0.25, -0.2) is 9.59 Å². The van der Waals surface area contributed by atoms with Crippen molar-refractivity contribution in [2.45, 2.75) is 37.0 Å². The highest BCUT2D eigenvalue weighted by molar-refractivity contribution is 5.90. The number of aliphatic hydroxyl groups excluding tert-OH is 1. The van der Waals surface area contributed by atoms with Gasteiger partial charge in [0.15, 0.2) is 24.8 Å². The molecule has 0 radical (unpaired) electrons. The van der Waals surface area contributed by atoms with Gasteiger partial charge in [-0.3, -0.25) is 0 Å². The summed E-state index contributed by atoms with van der Waals surface area (Å²) in [6, 6.07) is 26.0. The molecule has 0 spiro atoms. The molecule has 3 aromatic rings. The lowest BCUT2D eigenvalue weighted by atomic mass is 9.97. The normalized spacial score (nSPS) is 27.9. The van der Waals surface area contributed by atoms with Crippen LogP contribution in [-0.4, -0.2) is 54.4 Å². The summed E-state index contributed by atoms with van der Waals surface area (Å²) in [7, 11) is 0. The lowest BCUT2D eigenvalue weighted by molar-refractivity contribution is -0.353. The maximum Gasteiger partial charge on any atom is 0.338 e. The Morgan fingerprint density at radius 1 is 0.714 bits per heavy atom. The smallest absolute Gasteiger partial charge is 0.338 e. The van der Waals surface area contributed by atoms with Crippen LogP contribution in [0.1, 0.15) is 32.6 Å². The Morgan fingerprint density at radius 2 is 1.23 bits per heavy atom. The van der Waals surface area contributed by atoms with Crippen molar-refractivity contribution >= 4 is 11.9 Å². The molecular formula is C27H24O8. The summed E-state index contributed by atoms with van der Waals surface area (Å²) in [5.74, 6) is -1.33. The highest BCUT2D eigenvalue weighted by Crippen LogP contribution is 2.36. The Balaban J connectivity index is 1.43. The molecule has 2 fully saturated rings. The number of hydrogen-bond donors (Lipinski definition) is 1. The first-order valence-electron chi connectivity index (χ1n) is 11.3. The van der Waals surface area contributed by atoms with E-state index in [9.17, 15) is 14.7 Å². The zero-order chi connectivity index (χ0) is 24.2. The third-order valence-corrected chi connectivity index (χ3v) is 5.88. The van der Waals surface area contributed by atoms with Gasteiger partial charge in [0.05, 0.1) is 17.7 Å². The molecule has 2 saturated heterocycles. The van der Waals surface area contributed by atoms with Gasteiger partial charge in [0.2, 0.25) is 0 Å². The van der Waals surface area contributed by atoms with Crippen LogP contribution in [0.15, 0.2) is 91.0 Å². The Labute approximate surface area is 202 Å². The summed E-state index contributed by atoms with van der Waals surface area (Å²) in [4.78, 5) is 25.8. The largest absolute Gasteiger partial charge is 0.452 e. The summed E-state index contributed by atoms with van der Waals surface area (Å²) in [5.41, 5.74) is 1.36. The van der Waals surface area contributed by atoms with E-state index in [1.165, 1.54) is 0 Å². The number of ether oxygens (including phenoxy) is 5. The number of aliphatic hydroxyl groups is 1. The molecule has 8 nitrogen and oxygen atoms in total. The van der Waals surface area contributed by atoms with E-state index < -0.39 is 48.9 Å². The number of hydrogen-bond acceptors (Lipinski definition) is 8. The molecule has 0 saturated carbocycles. The van der Waals surface area contributed by atoms with Crippen LogP contribution in [-0.2, 0) is 23.7 Å². The number of carbonyl (C=O) groups is 2. The fourth-order valence-electron chi connectivity index (χ4n) is 4.13. The van der Waals surface area contributed by atoms with Gasteiger partial charge in [0, 0.05) is 5.56 Å². The molecule has 0 amide bonds. The monoisotopic (exact) mass is 476 g/mol. The molecule has 0 aromatic heterocycles. The first-order valence-corrected chi connectivity index (χ1v) is 11.3. The number of benzene rings is 3. The lowest BCUT2D eigenvalue weighted by Crippen LogP contribution is -2.63. The molecule has 35 heavy (non-hydrogen) atoms. The highest BCUT2D eigenvalue weighted by Gasteiger charge is 2.53. The van der Waals surface area contributed by atoms with Crippen molar-refractivity contribution in [3.05, 3.63) is 108 Å². The third kappa shape index (κ3) is 5.11. The second kappa shape index (κ2) is 10.4. The molecule has 3 aromatic carbocycles. The minimum Gasteiger partial charge on any atom is -0.452 e. The van der Waals surface area contributed by atoms with E-state index in [0.717, 1.165) is 5.56 Å². The maximum atomic E-state index is 13.0. The minimum absolute atomic E-state index is 0.0834. The Bertz CT molecular complexity index is 1140. The molecule has 2 aliphatic rings. The van der Waals surface area contributed by atoms with Crippen LogP contribution < -0.4 is 0 Å². The molecule has 5 rings (SSSR count). The summed E-state index contributed by atoms with van der Waals surface area (Å²) in [6.45, 7) is 0.0834. The average molecular weight is 476 g/mol. The lowest BCUT2D eigenvalue weighted by Gasteiger charge is -2.47. The molecule has 1 unspecified atom stereocenters. The molecule has 6 atom stereocenters. The van der Waals surface area contributed by atoms with Gasteiger partial charge in [-0.15, -0.1) is 0 Å². The van der Waals surface area contributed by atoms with Crippen molar-refractivity contribution in [1.29, 1.82) is 0 Å². The predicted molar refractivity (Wildman–Crippen MR) is 122 cm³/mol. The van der Waals surface area contributed by atoms with Crippen LogP contribution in [0.4, 0.5) is 0 Å². The summed E-state index contributed by atoms with van der Waals surface area (Å²) < 4.78 is 29.1. The fourth-order valence-corrected chi connectivity index (χ4v) is 4.13. The van der Waals surface area contributed by atoms with E-state index in [-0.39, 0.29) is 12.2 Å². The zero-order valence-electron chi connectivity index (χ0n) is 18.6. The standard InChI is InChI=1S/C27H24O8/c28-24(17-10-4-1-5-11-17)33-22-21-20(16-31-27(35-21)19-14-8-3-9-15-19)32-26(30)23(22)34-25(29)18-12-6-2-7-13-18/h1-15,20-23,26-27,30H,16H2/t20-,21-,22+,23-,26?,27-/m1/s1. The Kier molecular flexibility index (Phi) is 6.87. The first-order chi connectivity index (χ1) is 17.1. The van der Waals surface area contributed by atoms with Crippen molar-refractivity contribution in [1.82, 2.24) is 0 Å². The molecule has 2 heterocycles. The van der Waals surface area contributed by atoms with Gasteiger partial charge in [-0.1, -0.05) is 66.7 Å². The second-order valence-electron chi connectivity index (χ2n) is 8.21. The van der Waals surface area contributed by atoms with Crippen LogP contribution in [0.3, 0.4) is 0 Å². The van der Waals surface area contributed by atoms with Crippen molar-refractivity contribution in [3.8, 4) is 0 Å². The van der Waals surface area contributed by atoms with Crippen LogP contribution in [0.25, 0.3) is 0 Å². The third-order valence-electron chi connectivity index (χ3n) is 5.88. The van der Waals surface area contributed by atoms with E-state index in [1.54, 1.807) is 60.7 Å². The zero-order valence-corrected chi connectivity index (χ0v) is 18.6. The second-order valence-corrected chi connectivity index (χ2v) is 8.21. The van der Waals surface area contributed by atoms with E-state index in [2.05, 4.69) is 0 Å². The van der Waals surface area contributed by atoms with Gasteiger partial charge in [-0.05, 0) is 24.3 Å². The number of rotatable bonds is 5. The number of esters is 2. The van der Waals surface area contributed by atoms with Gasteiger partial charge in [-0.2, -0.15) is 0 Å². The molecule has 1 N–H and O–H groups in total. The minimum atomic E-state index is -1.56. The summed E-state index contributed by atoms with van der Waals surface area (Å²) in [6.07, 6.45) is -6.40. The van der Waals surface area contributed by atoms with Gasteiger partial charge in [0.25, 0.3) is 0 Å². The van der Waals surface area contributed by atoms with Crippen LogP contribution in [0.2, 0.25) is 0 Å². The van der Waals surface area contributed by atoms with E-state index in [1.807, 2.05) is 30.3 Å². The summed E-state index contributed by atoms with van der Waals surface area (Å²) in [5, 5.41) is 10.7. The predicted octanol–water partition coefficient (Wildman–Crippen LogP) is 3.27. The van der Waals surface area contributed by atoms with Crippen molar-refractivity contribution in [2.24, 2.45) is 0 Å². The van der Waals surface area contributed by atoms with E-state index in [4.69, 9.17) is 23.7 Å². The molecule has 0 aliphatic carbocycles. The fraction of sp³-hybridized carbons (Fsp3) is 0.259. The molecule has 8 heteroatoms. The summed E-state index contributed by atoms with van der Waals surface area (Å²) >= 11 is 0. The van der Waals surface area contributed by atoms with E-state index in [0.29, 0.717) is 5.56 Å². The van der Waals surface area contributed by atoms with Gasteiger partial charge >= 0.3 is 11.9 Å². The van der Waals surface area contributed by atoms with Gasteiger partial charge in [0.1, 0.15) is 12.2 Å². The van der Waals surface area contributed by atoms with Gasteiger partial charge < -0.3 is 28.8 Å². The average Bonchev–Trinajstić information content (AvgIpc) is 2.91. The Morgan fingerprint density at radius 3 is 1.80 bits per heavy atom. The Hall–Kier alpha value is -3.56. The molecule has 2 aliphatic heterocycles. The number of fused-ring (bicyclic) bond motifs is 1. The molecule has 180 valence electrons. The van der Waals surface area contributed by atoms with Crippen molar-refractivity contribution < 1.29 is 38.4 Å². The van der Waals surface area contributed by atoms with Crippen LogP contribution in [0, 0.1) is 0 Å². The van der Waals surface area contributed by atoms with Crippen LogP contribution in [0.5, 0.6) is 0 Å². The first kappa shape index (κ1) is 23.2. The maximum absolute atomic E-state index is 13.0. The quantitative estimate of drug-likeness (QED) is 0.560. The molecular weight excluding hydrogens is 452 g/mol. The van der Waals surface area contributed by atoms with E-state index >= 15 is 0 Å². The highest BCUT2D eigenvalue weighted by atomic mass is 16.7. The van der Waals surface area contributed by atoms with Crippen LogP contribution >= 0.6 is 0 Å². The molecule has 0 bridgehead atoms. The van der Waals surface area contributed by atoms with Crippen molar-refractivity contribution in [2.75, 3.05) is 6.61 Å². The van der Waals surface area contributed by atoms with Crippen molar-refractivity contribution in [3.63, 3.8) is 0 Å². The topological polar surface area (TPSA) is 101 Å². The number of carbonyl (C=O) groups excluding carboxylic acids is 2.